The van der Waals surface area contributed by atoms with E-state index in [-0.39, 0.29) is 12.2 Å². The van der Waals surface area contributed by atoms with Gasteiger partial charge in [0.15, 0.2) is 0 Å². The molecule has 2 heterocycles. The molecule has 1 atom stereocenters. The van der Waals surface area contributed by atoms with E-state index < -0.39 is 5.60 Å². The van der Waals surface area contributed by atoms with Crippen molar-refractivity contribution in [1.29, 1.82) is 0 Å². The fourth-order valence-electron chi connectivity index (χ4n) is 1.97. The highest BCUT2D eigenvalue weighted by Crippen LogP contribution is 2.21. The quantitative estimate of drug-likeness (QED) is 0.842. The van der Waals surface area contributed by atoms with Crippen molar-refractivity contribution in [3.63, 3.8) is 0 Å². The molecule has 0 aromatic carbocycles. The lowest BCUT2D eigenvalue weighted by molar-refractivity contribution is 0.0275. The Morgan fingerprint density at radius 1 is 1.45 bits per heavy atom. The van der Waals surface area contributed by atoms with Crippen LogP contribution >= 0.6 is 11.6 Å². The first-order valence-electron chi connectivity index (χ1n) is 6.58. The van der Waals surface area contributed by atoms with Gasteiger partial charge in [0.25, 0.3) is 0 Å². The van der Waals surface area contributed by atoms with Crippen molar-refractivity contribution in [2.24, 2.45) is 0 Å². The molecule has 0 N–H and O–H groups in total. The predicted molar refractivity (Wildman–Crippen MR) is 76.1 cm³/mol. The smallest absolute Gasteiger partial charge is 0.410 e. The summed E-state index contributed by atoms with van der Waals surface area (Å²) in [4.78, 5) is 17.6. The van der Waals surface area contributed by atoms with Crippen molar-refractivity contribution in [2.75, 3.05) is 13.1 Å². The number of carbonyl (C=O) groups excluding carboxylic acids is 1. The number of halogens is 1. The Balaban J connectivity index is 1.88. The van der Waals surface area contributed by atoms with Crippen LogP contribution in [0.4, 0.5) is 4.79 Å². The Morgan fingerprint density at radius 2 is 2.20 bits per heavy atom. The summed E-state index contributed by atoms with van der Waals surface area (Å²) in [5.74, 6) is 0.619. The number of hydrogen-bond acceptors (Lipinski definition) is 4. The van der Waals surface area contributed by atoms with Crippen LogP contribution in [-0.4, -0.2) is 40.8 Å². The van der Waals surface area contributed by atoms with E-state index in [0.717, 1.165) is 6.42 Å². The second kappa shape index (κ2) is 5.87. The van der Waals surface area contributed by atoms with Crippen molar-refractivity contribution < 1.29 is 14.3 Å². The molecule has 0 bridgehead atoms. The van der Waals surface area contributed by atoms with Crippen LogP contribution in [0.25, 0.3) is 0 Å². The summed E-state index contributed by atoms with van der Waals surface area (Å²) in [6.45, 7) is 6.71. The Morgan fingerprint density at radius 3 is 2.85 bits per heavy atom. The van der Waals surface area contributed by atoms with Gasteiger partial charge in [0.2, 0.25) is 0 Å². The minimum absolute atomic E-state index is 0.0530. The van der Waals surface area contributed by atoms with Gasteiger partial charge in [-0.15, -0.1) is 0 Å². The topological polar surface area (TPSA) is 51.7 Å². The maximum Gasteiger partial charge on any atom is 0.410 e. The normalized spacial score (nSPS) is 19.0. The van der Waals surface area contributed by atoms with E-state index >= 15 is 0 Å². The van der Waals surface area contributed by atoms with E-state index in [1.54, 1.807) is 23.4 Å². The molecule has 5 nitrogen and oxygen atoms in total. The van der Waals surface area contributed by atoms with E-state index in [1.807, 2.05) is 20.8 Å². The molecule has 0 radical (unpaired) electrons. The minimum Gasteiger partial charge on any atom is -0.487 e. The highest BCUT2D eigenvalue weighted by molar-refractivity contribution is 6.30. The van der Waals surface area contributed by atoms with Crippen LogP contribution in [0.5, 0.6) is 5.75 Å². The lowest BCUT2D eigenvalue weighted by Gasteiger charge is -2.24. The van der Waals surface area contributed by atoms with Crippen molar-refractivity contribution in [2.45, 2.75) is 38.9 Å². The molecule has 1 aromatic heterocycles. The average molecular weight is 299 g/mol. The number of aromatic nitrogens is 1. The predicted octanol–water partition coefficient (Wildman–Crippen LogP) is 3.12. The molecule has 2 rings (SSSR count). The molecule has 1 saturated heterocycles. The third-order valence-electron chi connectivity index (χ3n) is 2.78. The number of pyridine rings is 1. The van der Waals surface area contributed by atoms with Crippen LogP contribution in [-0.2, 0) is 4.74 Å². The highest BCUT2D eigenvalue weighted by Gasteiger charge is 2.30. The largest absolute Gasteiger partial charge is 0.487 e. The molecule has 0 spiro atoms. The Hall–Kier alpha value is -1.49. The fraction of sp³-hybridized carbons (Fsp3) is 0.571. The van der Waals surface area contributed by atoms with Gasteiger partial charge in [0, 0.05) is 25.2 Å². The lowest BCUT2D eigenvalue weighted by Crippen LogP contribution is -2.36. The SMILES string of the molecule is CC(C)(C)OC(=O)N1CCC(Oc2cncc(Cl)c2)C1. The third-order valence-corrected chi connectivity index (χ3v) is 2.99. The summed E-state index contributed by atoms with van der Waals surface area (Å²) in [7, 11) is 0. The Labute approximate surface area is 123 Å². The summed E-state index contributed by atoms with van der Waals surface area (Å²) in [6, 6.07) is 1.71. The van der Waals surface area contributed by atoms with Crippen molar-refractivity contribution in [1.82, 2.24) is 9.88 Å². The first-order valence-corrected chi connectivity index (χ1v) is 6.96. The first kappa shape index (κ1) is 14.9. The van der Waals surface area contributed by atoms with Crippen molar-refractivity contribution in [3.05, 3.63) is 23.5 Å². The number of nitrogens with zero attached hydrogens (tertiary/aromatic N) is 2. The zero-order valence-corrected chi connectivity index (χ0v) is 12.7. The summed E-state index contributed by atoms with van der Waals surface area (Å²) < 4.78 is 11.1. The highest BCUT2D eigenvalue weighted by atomic mass is 35.5. The summed E-state index contributed by atoms with van der Waals surface area (Å²) in [5.41, 5.74) is -0.479. The van der Waals surface area contributed by atoms with E-state index in [9.17, 15) is 4.79 Å². The molecule has 110 valence electrons. The van der Waals surface area contributed by atoms with E-state index in [2.05, 4.69) is 4.98 Å². The van der Waals surface area contributed by atoms with E-state index in [0.29, 0.717) is 23.9 Å². The Bertz CT molecular complexity index is 488. The van der Waals surface area contributed by atoms with Crippen LogP contribution in [0.3, 0.4) is 0 Å². The molecule has 1 fully saturated rings. The van der Waals surface area contributed by atoms with Gasteiger partial charge >= 0.3 is 6.09 Å². The zero-order chi connectivity index (χ0) is 14.8. The maximum atomic E-state index is 11.9. The molecule has 1 unspecified atom stereocenters. The van der Waals surface area contributed by atoms with Crippen LogP contribution in [0, 0.1) is 0 Å². The molecule has 20 heavy (non-hydrogen) atoms. The average Bonchev–Trinajstić information content (AvgIpc) is 2.75. The van der Waals surface area contributed by atoms with Gasteiger partial charge in [0.05, 0.1) is 17.8 Å². The van der Waals surface area contributed by atoms with Crippen LogP contribution in [0.1, 0.15) is 27.2 Å². The number of rotatable bonds is 2. The molecule has 0 aliphatic carbocycles. The molecule has 0 saturated carbocycles. The standard InChI is InChI=1S/C14H19ClN2O3/c1-14(2,3)20-13(18)17-5-4-11(9-17)19-12-6-10(15)7-16-8-12/h6-8,11H,4-5,9H2,1-3H3. The Kier molecular flexibility index (Phi) is 4.38. The molecule has 1 amide bonds. The number of ether oxygens (including phenoxy) is 2. The summed E-state index contributed by atoms with van der Waals surface area (Å²) >= 11 is 5.86. The van der Waals surface area contributed by atoms with Crippen LogP contribution < -0.4 is 4.74 Å². The second-order valence-electron chi connectivity index (χ2n) is 5.79. The van der Waals surface area contributed by atoms with Gasteiger partial charge < -0.3 is 14.4 Å². The molecule has 1 aromatic rings. The van der Waals surface area contributed by atoms with Crippen molar-refractivity contribution >= 4 is 17.7 Å². The molecule has 1 aliphatic heterocycles. The number of likely N-dealkylation sites (tertiary alicyclic amines) is 1. The van der Waals surface area contributed by atoms with Gasteiger partial charge in [-0.3, -0.25) is 4.98 Å². The van der Waals surface area contributed by atoms with E-state index in [4.69, 9.17) is 21.1 Å². The first-order chi connectivity index (χ1) is 9.33. The number of hydrogen-bond donors (Lipinski definition) is 0. The van der Waals surface area contributed by atoms with Crippen LogP contribution in [0.15, 0.2) is 18.5 Å². The van der Waals surface area contributed by atoms with E-state index in [1.165, 1.54) is 0 Å². The second-order valence-corrected chi connectivity index (χ2v) is 6.23. The maximum absolute atomic E-state index is 11.9. The molecule has 1 aliphatic rings. The zero-order valence-electron chi connectivity index (χ0n) is 11.9. The minimum atomic E-state index is -0.479. The van der Waals surface area contributed by atoms with Gasteiger partial charge in [-0.1, -0.05) is 11.6 Å². The van der Waals surface area contributed by atoms with Crippen LogP contribution in [0.2, 0.25) is 5.02 Å². The number of carbonyl (C=O) groups is 1. The van der Waals surface area contributed by atoms with Gasteiger partial charge in [-0.25, -0.2) is 4.79 Å². The van der Waals surface area contributed by atoms with Crippen molar-refractivity contribution in [3.8, 4) is 5.75 Å². The fourth-order valence-corrected chi connectivity index (χ4v) is 2.13. The summed E-state index contributed by atoms with van der Waals surface area (Å²) in [6.07, 6.45) is 3.58. The van der Waals surface area contributed by atoms with Gasteiger partial charge in [-0.05, 0) is 20.8 Å². The molecular weight excluding hydrogens is 280 g/mol. The third kappa shape index (κ3) is 4.27. The summed E-state index contributed by atoms with van der Waals surface area (Å²) in [5, 5.41) is 0.532. The molecular formula is C14H19ClN2O3. The lowest BCUT2D eigenvalue weighted by atomic mass is 10.2. The monoisotopic (exact) mass is 298 g/mol. The van der Waals surface area contributed by atoms with Gasteiger partial charge in [0.1, 0.15) is 17.5 Å². The molecule has 6 heteroatoms. The number of amides is 1. The van der Waals surface area contributed by atoms with Gasteiger partial charge in [-0.2, -0.15) is 0 Å².